The summed E-state index contributed by atoms with van der Waals surface area (Å²) in [7, 11) is 2.11. The van der Waals surface area contributed by atoms with Crippen LogP contribution in [0.3, 0.4) is 0 Å². The first-order valence-corrected chi connectivity index (χ1v) is 17.6. The van der Waals surface area contributed by atoms with E-state index in [1.807, 2.05) is 0 Å². The van der Waals surface area contributed by atoms with Crippen molar-refractivity contribution in [1.29, 1.82) is 0 Å². The van der Waals surface area contributed by atoms with Crippen molar-refractivity contribution in [1.82, 2.24) is 4.90 Å². The lowest BCUT2D eigenvalue weighted by atomic mass is 9.94. The van der Waals surface area contributed by atoms with Crippen LogP contribution in [0.15, 0.2) is 0 Å². The Labute approximate surface area is 248 Å². The normalized spacial score (nSPS) is 16.1. The standard InChI is InChI=1S/C35H67NO4/c1-5-8-11-14-16-17-19-22-25-33(40-35(38)32-26-28-36(4)29-27-32)30-39-34(37)31(23-20-13-10-7-3)24-21-18-15-12-9-6-2/h31-33H,5-30H2,1-4H3. The van der Waals surface area contributed by atoms with Gasteiger partial charge < -0.3 is 14.4 Å². The first kappa shape index (κ1) is 36.9. The molecule has 0 aromatic heterocycles. The summed E-state index contributed by atoms with van der Waals surface area (Å²) in [6, 6.07) is 0. The van der Waals surface area contributed by atoms with Crippen LogP contribution in [0.2, 0.25) is 0 Å². The Bertz CT molecular complexity index is 602. The summed E-state index contributed by atoms with van der Waals surface area (Å²) in [5.41, 5.74) is 0. The molecule has 0 aliphatic carbocycles. The molecule has 1 rings (SSSR count). The molecular formula is C35H67NO4. The smallest absolute Gasteiger partial charge is 0.309 e. The van der Waals surface area contributed by atoms with Gasteiger partial charge in [0.1, 0.15) is 12.7 Å². The Morgan fingerprint density at radius 2 is 1.07 bits per heavy atom. The van der Waals surface area contributed by atoms with Gasteiger partial charge >= 0.3 is 11.9 Å². The van der Waals surface area contributed by atoms with Crippen molar-refractivity contribution in [2.75, 3.05) is 26.7 Å². The number of hydrogen-bond acceptors (Lipinski definition) is 5. The van der Waals surface area contributed by atoms with Crippen LogP contribution in [0.5, 0.6) is 0 Å². The van der Waals surface area contributed by atoms with Crippen LogP contribution >= 0.6 is 0 Å². The van der Waals surface area contributed by atoms with Gasteiger partial charge in [-0.15, -0.1) is 0 Å². The monoisotopic (exact) mass is 566 g/mol. The number of unbranched alkanes of at least 4 members (excludes halogenated alkanes) is 15. The molecule has 0 N–H and O–H groups in total. The van der Waals surface area contributed by atoms with Crippen molar-refractivity contribution in [2.24, 2.45) is 11.8 Å². The van der Waals surface area contributed by atoms with Gasteiger partial charge in [-0.2, -0.15) is 0 Å². The molecule has 1 saturated heterocycles. The highest BCUT2D eigenvalue weighted by Gasteiger charge is 2.28. The zero-order valence-electron chi connectivity index (χ0n) is 27.2. The van der Waals surface area contributed by atoms with E-state index in [2.05, 4.69) is 32.7 Å². The highest BCUT2D eigenvalue weighted by molar-refractivity contribution is 5.73. The number of esters is 2. The molecule has 236 valence electrons. The molecule has 0 amide bonds. The quantitative estimate of drug-likeness (QED) is 0.0772. The molecule has 0 aromatic rings. The lowest BCUT2D eigenvalue weighted by molar-refractivity contribution is -0.166. The maximum Gasteiger partial charge on any atom is 0.309 e. The van der Waals surface area contributed by atoms with Crippen LogP contribution in [0, 0.1) is 11.8 Å². The van der Waals surface area contributed by atoms with E-state index in [1.54, 1.807) is 0 Å². The molecule has 0 saturated carbocycles. The number of carbonyl (C=O) groups excluding carboxylic acids is 2. The number of rotatable bonds is 26. The van der Waals surface area contributed by atoms with E-state index in [9.17, 15) is 9.59 Å². The van der Waals surface area contributed by atoms with Gasteiger partial charge in [-0.05, 0) is 58.7 Å². The van der Waals surface area contributed by atoms with Gasteiger partial charge in [-0.3, -0.25) is 9.59 Å². The first-order valence-electron chi connectivity index (χ1n) is 17.6. The summed E-state index contributed by atoms with van der Waals surface area (Å²) in [4.78, 5) is 28.5. The number of piperidine rings is 1. The molecule has 0 aromatic carbocycles. The lowest BCUT2D eigenvalue weighted by Gasteiger charge is -2.29. The molecule has 1 fully saturated rings. The van der Waals surface area contributed by atoms with Gasteiger partial charge in [0.05, 0.1) is 11.8 Å². The van der Waals surface area contributed by atoms with Crippen LogP contribution in [-0.2, 0) is 19.1 Å². The van der Waals surface area contributed by atoms with Crippen molar-refractivity contribution in [2.45, 2.75) is 175 Å². The molecule has 1 heterocycles. The van der Waals surface area contributed by atoms with E-state index in [-0.39, 0.29) is 36.5 Å². The van der Waals surface area contributed by atoms with Crippen LogP contribution in [-0.4, -0.2) is 49.7 Å². The summed E-state index contributed by atoms with van der Waals surface area (Å²) >= 11 is 0. The average Bonchev–Trinajstić information content (AvgIpc) is 2.96. The minimum Gasteiger partial charge on any atom is -0.462 e. The van der Waals surface area contributed by atoms with E-state index in [0.29, 0.717) is 0 Å². The van der Waals surface area contributed by atoms with Crippen molar-refractivity contribution in [3.05, 3.63) is 0 Å². The van der Waals surface area contributed by atoms with E-state index < -0.39 is 0 Å². The van der Waals surface area contributed by atoms with E-state index in [1.165, 1.54) is 89.9 Å². The molecule has 40 heavy (non-hydrogen) atoms. The Hall–Kier alpha value is -1.10. The van der Waals surface area contributed by atoms with Gasteiger partial charge in [0.15, 0.2) is 0 Å². The van der Waals surface area contributed by atoms with Crippen molar-refractivity contribution in [3.8, 4) is 0 Å². The topological polar surface area (TPSA) is 55.8 Å². The second-order valence-corrected chi connectivity index (χ2v) is 12.6. The summed E-state index contributed by atoms with van der Waals surface area (Å²) in [6.45, 7) is 8.82. The maximum atomic E-state index is 13.2. The molecular weight excluding hydrogens is 498 g/mol. The lowest BCUT2D eigenvalue weighted by Crippen LogP contribution is -2.36. The Morgan fingerprint density at radius 1 is 0.650 bits per heavy atom. The predicted octanol–water partition coefficient (Wildman–Crippen LogP) is 9.65. The predicted molar refractivity (Wildman–Crippen MR) is 169 cm³/mol. The Morgan fingerprint density at radius 3 is 1.57 bits per heavy atom. The highest BCUT2D eigenvalue weighted by Crippen LogP contribution is 2.23. The fraction of sp³-hybridized carbons (Fsp3) is 0.943. The largest absolute Gasteiger partial charge is 0.462 e. The molecule has 1 aliphatic heterocycles. The summed E-state index contributed by atoms with van der Waals surface area (Å²) in [5, 5.41) is 0. The molecule has 0 bridgehead atoms. The first-order chi connectivity index (χ1) is 19.5. The summed E-state index contributed by atoms with van der Waals surface area (Å²) in [5.74, 6) is -0.193. The summed E-state index contributed by atoms with van der Waals surface area (Å²) in [6.07, 6.45) is 26.1. The van der Waals surface area contributed by atoms with Gasteiger partial charge in [0, 0.05) is 0 Å². The van der Waals surface area contributed by atoms with Crippen molar-refractivity contribution in [3.63, 3.8) is 0 Å². The second kappa shape index (κ2) is 25.6. The Balaban J connectivity index is 2.60. The van der Waals surface area contributed by atoms with Gasteiger partial charge in [0.25, 0.3) is 0 Å². The SMILES string of the molecule is CCCCCCCCCCC(COC(=O)C(CCCCCC)CCCCCCCC)OC(=O)C1CCN(C)CC1. The van der Waals surface area contributed by atoms with Crippen LogP contribution in [0.1, 0.15) is 168 Å². The number of carbonyl (C=O) groups is 2. The summed E-state index contributed by atoms with van der Waals surface area (Å²) < 4.78 is 12.0. The third kappa shape index (κ3) is 19.1. The average molecular weight is 566 g/mol. The fourth-order valence-electron chi connectivity index (χ4n) is 5.85. The highest BCUT2D eigenvalue weighted by atomic mass is 16.6. The molecule has 2 unspecified atom stereocenters. The molecule has 1 aliphatic rings. The van der Waals surface area contributed by atoms with Gasteiger partial charge in [-0.25, -0.2) is 0 Å². The zero-order chi connectivity index (χ0) is 29.3. The molecule has 0 radical (unpaired) electrons. The minimum atomic E-state index is -0.314. The minimum absolute atomic E-state index is 0.0172. The fourth-order valence-corrected chi connectivity index (χ4v) is 5.85. The van der Waals surface area contributed by atoms with Gasteiger partial charge in [-0.1, -0.05) is 130 Å². The van der Waals surface area contributed by atoms with Crippen molar-refractivity contribution < 1.29 is 19.1 Å². The molecule has 5 heteroatoms. The van der Waals surface area contributed by atoms with Gasteiger partial charge in [0.2, 0.25) is 0 Å². The number of likely N-dealkylation sites (tertiary alicyclic amines) is 1. The Kier molecular flexibility index (Phi) is 23.6. The molecule has 0 spiro atoms. The molecule has 2 atom stereocenters. The maximum absolute atomic E-state index is 13.2. The number of ether oxygens (including phenoxy) is 2. The van der Waals surface area contributed by atoms with Crippen LogP contribution in [0.4, 0.5) is 0 Å². The van der Waals surface area contributed by atoms with E-state index in [4.69, 9.17) is 9.47 Å². The van der Waals surface area contributed by atoms with E-state index in [0.717, 1.165) is 70.9 Å². The number of hydrogen-bond donors (Lipinski definition) is 0. The number of nitrogens with zero attached hydrogens (tertiary/aromatic N) is 1. The zero-order valence-corrected chi connectivity index (χ0v) is 27.2. The second-order valence-electron chi connectivity index (χ2n) is 12.6. The third-order valence-electron chi connectivity index (χ3n) is 8.77. The molecule has 5 nitrogen and oxygen atoms in total. The van der Waals surface area contributed by atoms with Crippen molar-refractivity contribution >= 4 is 11.9 Å². The van der Waals surface area contributed by atoms with Crippen LogP contribution in [0.25, 0.3) is 0 Å². The van der Waals surface area contributed by atoms with E-state index >= 15 is 0 Å². The van der Waals surface area contributed by atoms with Crippen LogP contribution < -0.4 is 0 Å². The third-order valence-corrected chi connectivity index (χ3v) is 8.77.